The summed E-state index contributed by atoms with van der Waals surface area (Å²) >= 11 is 0. The van der Waals surface area contributed by atoms with Gasteiger partial charge in [-0.05, 0) is 56.7 Å². The molecule has 0 fully saturated rings. The van der Waals surface area contributed by atoms with Gasteiger partial charge in [-0.25, -0.2) is 0 Å². The number of nitrogens with zero attached hydrogens (tertiary/aromatic N) is 1. The Bertz CT molecular complexity index is 331. The minimum absolute atomic E-state index is 1.04. The molecule has 0 bridgehead atoms. The van der Waals surface area contributed by atoms with Crippen molar-refractivity contribution in [2.75, 3.05) is 27.2 Å². The molecule has 1 aromatic carbocycles. The molecule has 1 heterocycles. The summed E-state index contributed by atoms with van der Waals surface area (Å²) in [5, 5.41) is 3.44. The van der Waals surface area contributed by atoms with Crippen molar-refractivity contribution in [2.45, 2.75) is 19.4 Å². The first-order chi connectivity index (χ1) is 7.25. The minimum atomic E-state index is 1.04. The molecule has 0 saturated heterocycles. The van der Waals surface area contributed by atoms with Crippen molar-refractivity contribution in [1.82, 2.24) is 10.2 Å². The maximum Gasteiger partial charge on any atom is 0.0227 e. The summed E-state index contributed by atoms with van der Waals surface area (Å²) in [6, 6.07) is 6.95. The first kappa shape index (κ1) is 10.7. The van der Waals surface area contributed by atoms with Crippen molar-refractivity contribution in [3.63, 3.8) is 0 Å². The Kier molecular flexibility index (Phi) is 3.39. The highest BCUT2D eigenvalue weighted by molar-refractivity contribution is 5.33. The van der Waals surface area contributed by atoms with E-state index in [-0.39, 0.29) is 0 Å². The molecule has 2 rings (SSSR count). The van der Waals surface area contributed by atoms with Crippen LogP contribution in [0.2, 0.25) is 0 Å². The zero-order valence-corrected chi connectivity index (χ0v) is 9.71. The van der Waals surface area contributed by atoms with Crippen molar-refractivity contribution in [1.29, 1.82) is 0 Å². The average Bonchev–Trinajstić information content (AvgIpc) is 2.41. The van der Waals surface area contributed by atoms with Crippen molar-refractivity contribution >= 4 is 0 Å². The van der Waals surface area contributed by atoms with Crippen molar-refractivity contribution < 1.29 is 0 Å². The smallest absolute Gasteiger partial charge is 0.0227 e. The second-order valence-corrected chi connectivity index (χ2v) is 4.59. The third-order valence-electron chi connectivity index (χ3n) is 2.91. The van der Waals surface area contributed by atoms with Gasteiger partial charge in [-0.2, -0.15) is 0 Å². The number of hydrogen-bond acceptors (Lipinski definition) is 2. The third kappa shape index (κ3) is 2.80. The lowest BCUT2D eigenvalue weighted by atomic mass is 10.00. The van der Waals surface area contributed by atoms with Crippen LogP contribution in [-0.4, -0.2) is 32.1 Å². The van der Waals surface area contributed by atoms with Gasteiger partial charge < -0.3 is 10.2 Å². The van der Waals surface area contributed by atoms with Crippen molar-refractivity contribution in [3.8, 4) is 0 Å². The van der Waals surface area contributed by atoms with Gasteiger partial charge in [0.1, 0.15) is 0 Å². The van der Waals surface area contributed by atoms with Crippen LogP contribution in [-0.2, 0) is 19.4 Å². The summed E-state index contributed by atoms with van der Waals surface area (Å²) in [5.74, 6) is 0. The van der Waals surface area contributed by atoms with E-state index in [0.29, 0.717) is 0 Å². The molecular formula is C13H20N2. The zero-order chi connectivity index (χ0) is 10.7. The van der Waals surface area contributed by atoms with E-state index < -0.39 is 0 Å². The van der Waals surface area contributed by atoms with Gasteiger partial charge in [0, 0.05) is 6.54 Å². The molecule has 0 amide bonds. The Morgan fingerprint density at radius 2 is 1.87 bits per heavy atom. The van der Waals surface area contributed by atoms with Gasteiger partial charge in [-0.3, -0.25) is 0 Å². The first-order valence-corrected chi connectivity index (χ1v) is 5.72. The summed E-state index contributed by atoms with van der Waals surface area (Å²) in [7, 11) is 4.24. The fourth-order valence-corrected chi connectivity index (χ4v) is 2.19. The van der Waals surface area contributed by atoms with Crippen LogP contribution >= 0.6 is 0 Å². The normalized spacial score (nSPS) is 16.2. The molecule has 0 radical (unpaired) electrons. The van der Waals surface area contributed by atoms with Gasteiger partial charge in [-0.1, -0.05) is 18.2 Å². The van der Waals surface area contributed by atoms with Gasteiger partial charge in [0.2, 0.25) is 0 Å². The van der Waals surface area contributed by atoms with E-state index in [1.807, 2.05) is 0 Å². The van der Waals surface area contributed by atoms with E-state index in [1.54, 1.807) is 5.56 Å². The molecule has 82 valence electrons. The number of hydrogen-bond donors (Lipinski definition) is 1. The Labute approximate surface area is 92.3 Å². The first-order valence-electron chi connectivity index (χ1n) is 5.72. The van der Waals surface area contributed by atoms with Gasteiger partial charge in [0.15, 0.2) is 0 Å². The summed E-state index contributed by atoms with van der Waals surface area (Å²) in [6.07, 6.45) is 2.36. The highest BCUT2D eigenvalue weighted by Gasteiger charge is 2.07. The molecule has 0 atom stereocenters. The Balaban J connectivity index is 2.20. The molecule has 1 N–H and O–H groups in total. The van der Waals surface area contributed by atoms with E-state index in [4.69, 9.17) is 0 Å². The van der Waals surface area contributed by atoms with E-state index in [0.717, 1.165) is 19.6 Å². The summed E-state index contributed by atoms with van der Waals surface area (Å²) in [5.41, 5.74) is 4.50. The summed E-state index contributed by atoms with van der Waals surface area (Å²) in [6.45, 7) is 3.29. The molecule has 15 heavy (non-hydrogen) atoms. The standard InChI is InChI=1S/C13H20N2/c1-15(2)10-11-3-4-12-5-7-14-8-6-13(12)9-11/h3-4,9,14H,5-8,10H2,1-2H3. The molecule has 0 aromatic heterocycles. The molecule has 2 nitrogen and oxygen atoms in total. The van der Waals surface area contributed by atoms with Crippen LogP contribution in [0.25, 0.3) is 0 Å². The van der Waals surface area contributed by atoms with E-state index in [1.165, 1.54) is 24.0 Å². The fraction of sp³-hybridized carbons (Fsp3) is 0.538. The largest absolute Gasteiger partial charge is 0.316 e. The lowest BCUT2D eigenvalue weighted by molar-refractivity contribution is 0.402. The maximum atomic E-state index is 3.44. The Morgan fingerprint density at radius 3 is 2.60 bits per heavy atom. The topological polar surface area (TPSA) is 15.3 Å². The fourth-order valence-electron chi connectivity index (χ4n) is 2.19. The summed E-state index contributed by atoms with van der Waals surface area (Å²) in [4.78, 5) is 2.22. The monoisotopic (exact) mass is 204 g/mol. The SMILES string of the molecule is CN(C)Cc1ccc2c(c1)CCNCC2. The molecule has 1 aromatic rings. The van der Waals surface area contributed by atoms with Gasteiger partial charge in [0.05, 0.1) is 0 Å². The minimum Gasteiger partial charge on any atom is -0.316 e. The number of benzene rings is 1. The van der Waals surface area contributed by atoms with Crippen LogP contribution in [0.3, 0.4) is 0 Å². The number of fused-ring (bicyclic) bond motifs is 1. The van der Waals surface area contributed by atoms with Crippen LogP contribution in [0.1, 0.15) is 16.7 Å². The van der Waals surface area contributed by atoms with Crippen LogP contribution in [0, 0.1) is 0 Å². The molecule has 0 saturated carbocycles. The van der Waals surface area contributed by atoms with Crippen LogP contribution in [0.4, 0.5) is 0 Å². The maximum absolute atomic E-state index is 3.44. The lowest BCUT2D eigenvalue weighted by Gasteiger charge is -2.12. The Morgan fingerprint density at radius 1 is 1.13 bits per heavy atom. The van der Waals surface area contributed by atoms with Gasteiger partial charge >= 0.3 is 0 Å². The van der Waals surface area contributed by atoms with Crippen LogP contribution < -0.4 is 5.32 Å². The molecule has 2 heteroatoms. The predicted molar refractivity (Wildman–Crippen MR) is 64.1 cm³/mol. The molecule has 1 aliphatic heterocycles. The second-order valence-electron chi connectivity index (χ2n) is 4.59. The highest BCUT2D eigenvalue weighted by atomic mass is 15.0. The molecule has 0 unspecified atom stereocenters. The number of nitrogens with one attached hydrogen (secondary N) is 1. The highest BCUT2D eigenvalue weighted by Crippen LogP contribution is 2.16. The molecular weight excluding hydrogens is 184 g/mol. The summed E-state index contributed by atoms with van der Waals surface area (Å²) < 4.78 is 0. The number of rotatable bonds is 2. The van der Waals surface area contributed by atoms with Crippen molar-refractivity contribution in [3.05, 3.63) is 34.9 Å². The van der Waals surface area contributed by atoms with Gasteiger partial charge in [0.25, 0.3) is 0 Å². The zero-order valence-electron chi connectivity index (χ0n) is 9.71. The average molecular weight is 204 g/mol. The molecule has 0 aliphatic carbocycles. The van der Waals surface area contributed by atoms with Crippen LogP contribution in [0.15, 0.2) is 18.2 Å². The third-order valence-corrected chi connectivity index (χ3v) is 2.91. The van der Waals surface area contributed by atoms with Crippen LogP contribution in [0.5, 0.6) is 0 Å². The van der Waals surface area contributed by atoms with E-state index in [2.05, 4.69) is 42.5 Å². The Hall–Kier alpha value is -0.860. The van der Waals surface area contributed by atoms with E-state index >= 15 is 0 Å². The lowest BCUT2D eigenvalue weighted by Crippen LogP contribution is -2.16. The van der Waals surface area contributed by atoms with Gasteiger partial charge in [-0.15, -0.1) is 0 Å². The molecule has 0 spiro atoms. The quantitative estimate of drug-likeness (QED) is 0.784. The second kappa shape index (κ2) is 4.77. The predicted octanol–water partition coefficient (Wildman–Crippen LogP) is 1.44. The molecule has 1 aliphatic rings. The van der Waals surface area contributed by atoms with E-state index in [9.17, 15) is 0 Å². The van der Waals surface area contributed by atoms with Crippen molar-refractivity contribution in [2.24, 2.45) is 0 Å².